The highest BCUT2D eigenvalue weighted by molar-refractivity contribution is 6.07. The first-order valence-corrected chi connectivity index (χ1v) is 11.6. The van der Waals surface area contributed by atoms with Gasteiger partial charge in [0, 0.05) is 27.4 Å². The molecule has 164 valence electrons. The van der Waals surface area contributed by atoms with Gasteiger partial charge in [-0.3, -0.25) is 0 Å². The van der Waals surface area contributed by atoms with Crippen LogP contribution in [0.4, 0.5) is 0 Å². The zero-order chi connectivity index (χ0) is 23.2. The summed E-state index contributed by atoms with van der Waals surface area (Å²) in [5.74, 6) is 0. The minimum atomic E-state index is 0.919. The largest absolute Gasteiger partial charge is 0.456 e. The Hall–Kier alpha value is -4.30. The van der Waals surface area contributed by atoms with Crippen LogP contribution in [0.25, 0.3) is 61.8 Å². The standard InChI is InChI=1S/C32H25NO/c1-4-9-29-25(5-2)26-16-13-23(20-30(26)33(29)24-10-7-6-8-11-24)22-14-17-31-28(19-22)27-15-12-21(3)18-32(27)34-31/h4-20H,2H2,1,3H3/b9-4-. The molecule has 0 unspecified atom stereocenters. The van der Waals surface area contributed by atoms with Crippen molar-refractivity contribution >= 4 is 45.0 Å². The number of para-hydroxylation sites is 1. The first kappa shape index (κ1) is 20.3. The number of fused-ring (bicyclic) bond motifs is 4. The fourth-order valence-electron chi connectivity index (χ4n) is 4.97. The molecular formula is C32H25NO. The van der Waals surface area contributed by atoms with Crippen LogP contribution in [0.1, 0.15) is 23.7 Å². The molecule has 0 saturated carbocycles. The molecule has 2 heterocycles. The summed E-state index contributed by atoms with van der Waals surface area (Å²) in [6.07, 6.45) is 6.21. The maximum atomic E-state index is 6.11. The SMILES string of the molecule is C=Cc1c(/C=C\C)n(-c2ccccc2)c2cc(-c3ccc4oc5cc(C)ccc5c4c3)ccc12. The van der Waals surface area contributed by atoms with Crippen LogP contribution in [0.2, 0.25) is 0 Å². The predicted octanol–water partition coefficient (Wildman–Crippen LogP) is 9.18. The molecule has 34 heavy (non-hydrogen) atoms. The molecule has 0 atom stereocenters. The van der Waals surface area contributed by atoms with E-state index in [1.54, 1.807) is 0 Å². The van der Waals surface area contributed by atoms with Gasteiger partial charge in [0.15, 0.2) is 0 Å². The number of furan rings is 1. The average Bonchev–Trinajstić information content (AvgIpc) is 3.38. The van der Waals surface area contributed by atoms with Crippen molar-refractivity contribution in [2.45, 2.75) is 13.8 Å². The van der Waals surface area contributed by atoms with E-state index in [-0.39, 0.29) is 0 Å². The number of hydrogen-bond donors (Lipinski definition) is 0. The summed E-state index contributed by atoms with van der Waals surface area (Å²) in [4.78, 5) is 0. The highest BCUT2D eigenvalue weighted by Crippen LogP contribution is 2.37. The molecule has 2 heteroatoms. The van der Waals surface area contributed by atoms with Crippen molar-refractivity contribution < 1.29 is 4.42 Å². The predicted molar refractivity (Wildman–Crippen MR) is 146 cm³/mol. The number of aromatic nitrogens is 1. The molecule has 2 aromatic heterocycles. The highest BCUT2D eigenvalue weighted by atomic mass is 16.3. The monoisotopic (exact) mass is 439 g/mol. The molecule has 0 aliphatic rings. The van der Waals surface area contributed by atoms with Crippen LogP contribution in [0.5, 0.6) is 0 Å². The minimum Gasteiger partial charge on any atom is -0.456 e. The van der Waals surface area contributed by atoms with E-state index in [9.17, 15) is 0 Å². The lowest BCUT2D eigenvalue weighted by atomic mass is 10.0. The molecule has 0 aliphatic heterocycles. The molecular weight excluding hydrogens is 414 g/mol. The van der Waals surface area contributed by atoms with Gasteiger partial charge >= 0.3 is 0 Å². The maximum Gasteiger partial charge on any atom is 0.135 e. The van der Waals surface area contributed by atoms with Crippen molar-refractivity contribution in [3.63, 3.8) is 0 Å². The van der Waals surface area contributed by atoms with E-state index in [1.807, 2.05) is 6.08 Å². The van der Waals surface area contributed by atoms with Crippen LogP contribution >= 0.6 is 0 Å². The Balaban J connectivity index is 1.61. The van der Waals surface area contributed by atoms with Crippen LogP contribution in [-0.4, -0.2) is 4.57 Å². The van der Waals surface area contributed by atoms with Gasteiger partial charge in [-0.2, -0.15) is 0 Å². The Labute approximate surface area is 199 Å². The van der Waals surface area contributed by atoms with Crippen LogP contribution in [0.15, 0.2) is 102 Å². The van der Waals surface area contributed by atoms with Gasteiger partial charge in [0.05, 0.1) is 11.2 Å². The van der Waals surface area contributed by atoms with E-state index in [1.165, 1.54) is 27.6 Å². The quantitative estimate of drug-likeness (QED) is 0.268. The molecule has 0 aliphatic carbocycles. The van der Waals surface area contributed by atoms with Gasteiger partial charge in [0.25, 0.3) is 0 Å². The summed E-state index contributed by atoms with van der Waals surface area (Å²) in [5, 5.41) is 3.49. The lowest BCUT2D eigenvalue weighted by Gasteiger charge is -2.10. The number of rotatable bonds is 4. The molecule has 0 radical (unpaired) electrons. The van der Waals surface area contributed by atoms with Crippen molar-refractivity contribution in [3.8, 4) is 16.8 Å². The van der Waals surface area contributed by atoms with Crippen molar-refractivity contribution in [1.82, 2.24) is 4.57 Å². The first-order valence-electron chi connectivity index (χ1n) is 11.6. The summed E-state index contributed by atoms with van der Waals surface area (Å²) in [5.41, 5.74) is 10.00. The number of aryl methyl sites for hydroxylation is 1. The third-order valence-electron chi connectivity index (χ3n) is 6.55. The zero-order valence-corrected chi connectivity index (χ0v) is 19.4. The molecule has 6 aromatic rings. The normalized spacial score (nSPS) is 11.8. The Kier molecular flexibility index (Phi) is 4.74. The van der Waals surface area contributed by atoms with E-state index < -0.39 is 0 Å². The Morgan fingerprint density at radius 1 is 0.765 bits per heavy atom. The Morgan fingerprint density at radius 2 is 1.53 bits per heavy atom. The van der Waals surface area contributed by atoms with Gasteiger partial charge < -0.3 is 8.98 Å². The van der Waals surface area contributed by atoms with Crippen molar-refractivity contribution in [3.05, 3.63) is 114 Å². The molecule has 0 spiro atoms. The van der Waals surface area contributed by atoms with Crippen LogP contribution < -0.4 is 0 Å². The van der Waals surface area contributed by atoms with Gasteiger partial charge in [-0.25, -0.2) is 0 Å². The number of benzene rings is 4. The van der Waals surface area contributed by atoms with E-state index in [0.717, 1.165) is 38.9 Å². The highest BCUT2D eigenvalue weighted by Gasteiger charge is 2.16. The molecule has 4 aromatic carbocycles. The van der Waals surface area contributed by atoms with Gasteiger partial charge in [-0.05, 0) is 73.0 Å². The van der Waals surface area contributed by atoms with E-state index in [2.05, 4.69) is 122 Å². The zero-order valence-electron chi connectivity index (χ0n) is 19.4. The Bertz CT molecular complexity index is 1730. The summed E-state index contributed by atoms with van der Waals surface area (Å²) >= 11 is 0. The van der Waals surface area contributed by atoms with Crippen LogP contribution in [0.3, 0.4) is 0 Å². The van der Waals surface area contributed by atoms with Gasteiger partial charge in [-0.15, -0.1) is 0 Å². The fourth-order valence-corrected chi connectivity index (χ4v) is 4.97. The van der Waals surface area contributed by atoms with Crippen molar-refractivity contribution in [1.29, 1.82) is 0 Å². The summed E-state index contributed by atoms with van der Waals surface area (Å²) in [6.45, 7) is 8.26. The smallest absolute Gasteiger partial charge is 0.135 e. The van der Waals surface area contributed by atoms with E-state index >= 15 is 0 Å². The fraction of sp³-hybridized carbons (Fsp3) is 0.0625. The number of hydrogen-bond acceptors (Lipinski definition) is 1. The summed E-state index contributed by atoms with van der Waals surface area (Å²) in [7, 11) is 0. The number of nitrogens with zero attached hydrogens (tertiary/aromatic N) is 1. The molecule has 6 rings (SSSR count). The lowest BCUT2D eigenvalue weighted by molar-refractivity contribution is 0.668. The maximum absolute atomic E-state index is 6.11. The summed E-state index contributed by atoms with van der Waals surface area (Å²) < 4.78 is 8.43. The second-order valence-corrected chi connectivity index (χ2v) is 8.72. The second-order valence-electron chi connectivity index (χ2n) is 8.72. The van der Waals surface area contributed by atoms with E-state index in [4.69, 9.17) is 4.42 Å². The first-order chi connectivity index (χ1) is 16.7. The van der Waals surface area contributed by atoms with Crippen LogP contribution in [0, 0.1) is 6.92 Å². The molecule has 0 fully saturated rings. The lowest BCUT2D eigenvalue weighted by Crippen LogP contribution is -1.96. The minimum absolute atomic E-state index is 0.919. The van der Waals surface area contributed by atoms with Crippen molar-refractivity contribution in [2.24, 2.45) is 0 Å². The van der Waals surface area contributed by atoms with Gasteiger partial charge in [-0.1, -0.05) is 67.3 Å². The average molecular weight is 440 g/mol. The third-order valence-corrected chi connectivity index (χ3v) is 6.55. The van der Waals surface area contributed by atoms with Gasteiger partial charge in [0.2, 0.25) is 0 Å². The van der Waals surface area contributed by atoms with Crippen LogP contribution in [-0.2, 0) is 0 Å². The third kappa shape index (κ3) is 3.11. The molecule has 0 saturated heterocycles. The second kappa shape index (κ2) is 7.93. The molecule has 0 N–H and O–H groups in total. The topological polar surface area (TPSA) is 18.1 Å². The molecule has 0 amide bonds. The molecule has 2 nitrogen and oxygen atoms in total. The molecule has 0 bridgehead atoms. The summed E-state index contributed by atoms with van der Waals surface area (Å²) in [6, 6.07) is 30.1. The number of allylic oxidation sites excluding steroid dienone is 1. The Morgan fingerprint density at radius 3 is 2.32 bits per heavy atom. The van der Waals surface area contributed by atoms with Gasteiger partial charge in [0.1, 0.15) is 11.2 Å². The van der Waals surface area contributed by atoms with Crippen molar-refractivity contribution in [2.75, 3.05) is 0 Å². The van der Waals surface area contributed by atoms with E-state index in [0.29, 0.717) is 0 Å².